The minimum atomic E-state index is -4.61. The molecule has 0 aliphatic carbocycles. The van der Waals surface area contributed by atoms with E-state index in [1.165, 1.54) is 37.4 Å². The number of hydrogen-bond acceptors (Lipinski definition) is 2. The predicted molar refractivity (Wildman–Crippen MR) is 76.5 cm³/mol. The second-order valence-electron chi connectivity index (χ2n) is 5.04. The van der Waals surface area contributed by atoms with Gasteiger partial charge in [-0.25, -0.2) is 9.37 Å². The number of halogens is 4. The summed E-state index contributed by atoms with van der Waals surface area (Å²) in [5, 5.41) is 0. The number of carbonyl (C=O) groups excluding carboxylic acids is 1. The minimum absolute atomic E-state index is 0.0590. The highest BCUT2D eigenvalue weighted by Crippen LogP contribution is 2.38. The van der Waals surface area contributed by atoms with Crippen molar-refractivity contribution < 1.29 is 22.4 Å². The number of aryl methyl sites for hydroxylation is 1. The molecule has 0 saturated carbocycles. The van der Waals surface area contributed by atoms with Gasteiger partial charge in [-0.1, -0.05) is 12.1 Å². The monoisotopic (exact) mass is 322 g/mol. The Hall–Kier alpha value is -2.70. The Morgan fingerprint density at radius 3 is 2.30 bits per heavy atom. The molecule has 3 rings (SSSR count). The third-order valence-electron chi connectivity index (χ3n) is 3.59. The van der Waals surface area contributed by atoms with Gasteiger partial charge in [-0.3, -0.25) is 4.79 Å². The highest BCUT2D eigenvalue weighted by Gasteiger charge is 2.35. The zero-order valence-electron chi connectivity index (χ0n) is 11.9. The van der Waals surface area contributed by atoms with Gasteiger partial charge in [0.15, 0.2) is 12.1 Å². The highest BCUT2D eigenvalue weighted by atomic mass is 19.4. The standard InChI is InChI=1S/C16H10F4N2O/c1-22-14(8-23)21-13-7-10(9-2-4-11(17)5-3-9)6-12(15(13)22)16(18,19)20/h2-8H,1H3. The van der Waals surface area contributed by atoms with E-state index in [0.717, 1.165) is 10.6 Å². The van der Waals surface area contributed by atoms with Crippen LogP contribution in [0.4, 0.5) is 17.6 Å². The molecule has 0 radical (unpaired) electrons. The van der Waals surface area contributed by atoms with Crippen LogP contribution in [0.25, 0.3) is 22.2 Å². The van der Waals surface area contributed by atoms with Crippen molar-refractivity contribution in [1.29, 1.82) is 0 Å². The number of aromatic nitrogens is 2. The zero-order chi connectivity index (χ0) is 16.8. The lowest BCUT2D eigenvalue weighted by Gasteiger charge is -2.12. The van der Waals surface area contributed by atoms with Crippen LogP contribution in [0.3, 0.4) is 0 Å². The molecule has 0 unspecified atom stereocenters. The summed E-state index contributed by atoms with van der Waals surface area (Å²) in [6.45, 7) is 0. The van der Waals surface area contributed by atoms with E-state index in [-0.39, 0.29) is 22.4 Å². The molecule has 23 heavy (non-hydrogen) atoms. The maximum absolute atomic E-state index is 13.4. The summed E-state index contributed by atoms with van der Waals surface area (Å²) in [5.74, 6) is -0.575. The van der Waals surface area contributed by atoms with Crippen LogP contribution in [0.1, 0.15) is 16.2 Å². The minimum Gasteiger partial charge on any atom is -0.324 e. The molecule has 1 heterocycles. The molecule has 2 aromatic carbocycles. The van der Waals surface area contributed by atoms with Gasteiger partial charge in [0, 0.05) is 7.05 Å². The van der Waals surface area contributed by atoms with Gasteiger partial charge < -0.3 is 4.57 Å². The summed E-state index contributed by atoms with van der Waals surface area (Å²) < 4.78 is 54.2. The molecule has 3 nitrogen and oxygen atoms in total. The van der Waals surface area contributed by atoms with Crippen molar-refractivity contribution in [3.8, 4) is 11.1 Å². The van der Waals surface area contributed by atoms with Crippen molar-refractivity contribution in [2.75, 3.05) is 0 Å². The Kier molecular flexibility index (Phi) is 3.43. The number of hydrogen-bond donors (Lipinski definition) is 0. The lowest BCUT2D eigenvalue weighted by atomic mass is 10.0. The molecular formula is C16H10F4N2O. The zero-order valence-corrected chi connectivity index (χ0v) is 11.9. The maximum atomic E-state index is 13.4. The first kappa shape index (κ1) is 15.2. The number of carbonyl (C=O) groups is 1. The molecule has 1 aromatic heterocycles. The van der Waals surface area contributed by atoms with E-state index in [1.54, 1.807) is 0 Å². The first-order valence-electron chi connectivity index (χ1n) is 6.60. The second-order valence-corrected chi connectivity index (χ2v) is 5.04. The van der Waals surface area contributed by atoms with Crippen molar-refractivity contribution >= 4 is 17.3 Å². The van der Waals surface area contributed by atoms with Crippen molar-refractivity contribution in [3.05, 3.63) is 53.6 Å². The normalized spacial score (nSPS) is 11.9. The van der Waals surface area contributed by atoms with Crippen LogP contribution in [0, 0.1) is 5.82 Å². The number of fused-ring (bicyclic) bond motifs is 1. The summed E-state index contributed by atoms with van der Waals surface area (Å²) >= 11 is 0. The highest BCUT2D eigenvalue weighted by molar-refractivity contribution is 5.89. The largest absolute Gasteiger partial charge is 0.418 e. The van der Waals surface area contributed by atoms with E-state index in [1.807, 2.05) is 0 Å². The van der Waals surface area contributed by atoms with E-state index in [4.69, 9.17) is 0 Å². The molecule has 3 aromatic rings. The van der Waals surface area contributed by atoms with Gasteiger partial charge in [-0.05, 0) is 35.4 Å². The molecule has 0 aliphatic heterocycles. The van der Waals surface area contributed by atoms with E-state index in [2.05, 4.69) is 4.98 Å². The van der Waals surface area contributed by atoms with Gasteiger partial charge in [0.25, 0.3) is 0 Å². The average Bonchev–Trinajstić information content (AvgIpc) is 2.82. The molecule has 0 amide bonds. The first-order valence-corrected chi connectivity index (χ1v) is 6.60. The number of rotatable bonds is 2. The summed E-state index contributed by atoms with van der Waals surface area (Å²) in [6, 6.07) is 7.54. The van der Waals surface area contributed by atoms with Crippen LogP contribution < -0.4 is 0 Å². The quantitative estimate of drug-likeness (QED) is 0.523. The van der Waals surface area contributed by atoms with Crippen LogP contribution >= 0.6 is 0 Å². The first-order chi connectivity index (χ1) is 10.8. The second kappa shape index (κ2) is 5.19. The fraction of sp³-hybridized carbons (Fsp3) is 0.125. The van der Waals surface area contributed by atoms with Gasteiger partial charge >= 0.3 is 6.18 Å². The molecule has 0 saturated heterocycles. The number of nitrogens with zero attached hydrogens (tertiary/aromatic N) is 2. The SMILES string of the molecule is Cn1c(C=O)nc2cc(-c3ccc(F)cc3)cc(C(F)(F)F)c21. The van der Waals surface area contributed by atoms with E-state index in [0.29, 0.717) is 11.8 Å². The van der Waals surface area contributed by atoms with Crippen molar-refractivity contribution in [2.45, 2.75) is 6.18 Å². The summed E-state index contributed by atoms with van der Waals surface area (Å²) in [7, 11) is 1.35. The predicted octanol–water partition coefficient (Wildman–Crippen LogP) is 4.21. The van der Waals surface area contributed by atoms with Gasteiger partial charge in [0.1, 0.15) is 5.82 Å². The van der Waals surface area contributed by atoms with E-state index >= 15 is 0 Å². The number of benzene rings is 2. The van der Waals surface area contributed by atoms with Crippen LogP contribution in [0.15, 0.2) is 36.4 Å². The summed E-state index contributed by atoms with van der Waals surface area (Å²) in [4.78, 5) is 14.9. The van der Waals surface area contributed by atoms with Crippen LogP contribution in [-0.4, -0.2) is 15.8 Å². The van der Waals surface area contributed by atoms with Crippen LogP contribution in [0.2, 0.25) is 0 Å². The van der Waals surface area contributed by atoms with Gasteiger partial charge in [-0.15, -0.1) is 0 Å². The summed E-state index contributed by atoms with van der Waals surface area (Å²) in [6.07, 6.45) is -4.21. The van der Waals surface area contributed by atoms with Crippen molar-refractivity contribution in [2.24, 2.45) is 7.05 Å². The molecular weight excluding hydrogens is 312 g/mol. The summed E-state index contributed by atoms with van der Waals surface area (Å²) in [5.41, 5.74) is -0.316. The topological polar surface area (TPSA) is 34.9 Å². The van der Waals surface area contributed by atoms with E-state index < -0.39 is 17.6 Å². The fourth-order valence-corrected chi connectivity index (χ4v) is 2.50. The Labute approximate surface area is 128 Å². The van der Waals surface area contributed by atoms with Gasteiger partial charge in [0.2, 0.25) is 0 Å². The Bertz CT molecular complexity index is 895. The Morgan fingerprint density at radius 1 is 1.09 bits per heavy atom. The molecule has 0 aliphatic rings. The lowest BCUT2D eigenvalue weighted by Crippen LogP contribution is -2.08. The molecule has 7 heteroatoms. The molecule has 0 bridgehead atoms. The Morgan fingerprint density at radius 2 is 1.74 bits per heavy atom. The molecule has 0 fully saturated rings. The molecule has 118 valence electrons. The molecule has 0 atom stereocenters. The van der Waals surface area contributed by atoms with Gasteiger partial charge in [-0.2, -0.15) is 13.2 Å². The maximum Gasteiger partial charge on any atom is 0.418 e. The molecule has 0 spiro atoms. The number of alkyl halides is 3. The smallest absolute Gasteiger partial charge is 0.324 e. The third-order valence-corrected chi connectivity index (χ3v) is 3.59. The molecule has 0 N–H and O–H groups in total. The van der Waals surface area contributed by atoms with Crippen molar-refractivity contribution in [3.63, 3.8) is 0 Å². The Balaban J connectivity index is 2.34. The number of imidazole rings is 1. The van der Waals surface area contributed by atoms with Crippen molar-refractivity contribution in [1.82, 2.24) is 9.55 Å². The van der Waals surface area contributed by atoms with Crippen LogP contribution in [-0.2, 0) is 13.2 Å². The lowest BCUT2D eigenvalue weighted by molar-refractivity contribution is -0.136. The third kappa shape index (κ3) is 2.58. The average molecular weight is 322 g/mol. The fourth-order valence-electron chi connectivity index (χ4n) is 2.50. The van der Waals surface area contributed by atoms with E-state index in [9.17, 15) is 22.4 Å². The number of aldehydes is 1. The van der Waals surface area contributed by atoms with Gasteiger partial charge in [0.05, 0.1) is 16.6 Å². The van der Waals surface area contributed by atoms with Crippen LogP contribution in [0.5, 0.6) is 0 Å².